The number of aryl methyl sites for hydroxylation is 1. The van der Waals surface area contributed by atoms with Crippen LogP contribution in [0.2, 0.25) is 5.02 Å². The summed E-state index contributed by atoms with van der Waals surface area (Å²) in [4.78, 5) is 4.97. The van der Waals surface area contributed by atoms with Gasteiger partial charge < -0.3 is 10.2 Å². The minimum atomic E-state index is -0.0672. The number of benzene rings is 2. The van der Waals surface area contributed by atoms with Crippen molar-refractivity contribution in [2.24, 2.45) is 0 Å². The van der Waals surface area contributed by atoms with Crippen molar-refractivity contribution in [3.63, 3.8) is 0 Å². The van der Waals surface area contributed by atoms with E-state index in [1.165, 1.54) is 22.5 Å². The molecular weight excluding hydrogens is 430 g/mol. The van der Waals surface area contributed by atoms with E-state index in [0.717, 1.165) is 56.5 Å². The van der Waals surface area contributed by atoms with Gasteiger partial charge in [-0.15, -0.1) is 0 Å². The van der Waals surface area contributed by atoms with Crippen LogP contribution >= 0.6 is 11.6 Å². The first-order valence-electron chi connectivity index (χ1n) is 11.9. The normalized spacial score (nSPS) is 15.2. The Morgan fingerprint density at radius 1 is 0.939 bits per heavy atom. The predicted molar refractivity (Wildman–Crippen MR) is 139 cm³/mol. The first kappa shape index (κ1) is 23.8. The van der Waals surface area contributed by atoms with Gasteiger partial charge in [-0.2, -0.15) is 5.10 Å². The molecule has 1 aliphatic rings. The molecule has 1 aromatic heterocycles. The van der Waals surface area contributed by atoms with Gasteiger partial charge in [-0.3, -0.25) is 9.58 Å². The SMILES string of the molecule is Cc1ccc(-c2cc(CNCCN3CCN(c4ccc(Cl)cc4)CC3)nn2C(C)(C)C)cc1. The van der Waals surface area contributed by atoms with Crippen molar-refractivity contribution in [3.05, 3.63) is 70.9 Å². The van der Waals surface area contributed by atoms with Crippen molar-refractivity contribution < 1.29 is 0 Å². The number of nitrogens with one attached hydrogen (secondary N) is 1. The van der Waals surface area contributed by atoms with Crippen LogP contribution in [-0.2, 0) is 12.1 Å². The van der Waals surface area contributed by atoms with Crippen molar-refractivity contribution in [2.45, 2.75) is 39.8 Å². The summed E-state index contributed by atoms with van der Waals surface area (Å²) >= 11 is 6.02. The lowest BCUT2D eigenvalue weighted by atomic mass is 10.1. The van der Waals surface area contributed by atoms with Crippen LogP contribution in [0, 0.1) is 6.92 Å². The second-order valence-electron chi connectivity index (χ2n) is 9.95. The Morgan fingerprint density at radius 2 is 1.61 bits per heavy atom. The Labute approximate surface area is 203 Å². The van der Waals surface area contributed by atoms with Crippen LogP contribution in [0.25, 0.3) is 11.3 Å². The van der Waals surface area contributed by atoms with Gasteiger partial charge in [0.15, 0.2) is 0 Å². The summed E-state index contributed by atoms with van der Waals surface area (Å²) in [5.74, 6) is 0. The Kier molecular flexibility index (Phi) is 7.42. The van der Waals surface area contributed by atoms with Crippen molar-refractivity contribution in [2.75, 3.05) is 44.2 Å². The molecule has 1 fully saturated rings. The number of piperazine rings is 1. The lowest BCUT2D eigenvalue weighted by Crippen LogP contribution is -2.48. The molecule has 0 bridgehead atoms. The average molecular weight is 466 g/mol. The number of anilines is 1. The molecule has 3 aromatic rings. The topological polar surface area (TPSA) is 36.3 Å². The molecule has 0 atom stereocenters. The van der Waals surface area contributed by atoms with Crippen LogP contribution < -0.4 is 10.2 Å². The molecule has 1 N–H and O–H groups in total. The fourth-order valence-electron chi connectivity index (χ4n) is 4.29. The molecule has 176 valence electrons. The average Bonchev–Trinajstić information content (AvgIpc) is 3.23. The number of hydrogen-bond donors (Lipinski definition) is 1. The number of halogens is 1. The molecule has 2 aromatic carbocycles. The predicted octanol–water partition coefficient (Wildman–Crippen LogP) is 5.18. The van der Waals surface area contributed by atoms with Crippen LogP contribution in [0.3, 0.4) is 0 Å². The maximum absolute atomic E-state index is 6.02. The van der Waals surface area contributed by atoms with Crippen molar-refractivity contribution in [1.82, 2.24) is 20.0 Å². The van der Waals surface area contributed by atoms with E-state index in [1.807, 2.05) is 12.1 Å². The maximum atomic E-state index is 6.02. The minimum absolute atomic E-state index is 0.0672. The van der Waals surface area contributed by atoms with E-state index in [9.17, 15) is 0 Å². The quantitative estimate of drug-likeness (QED) is 0.488. The summed E-state index contributed by atoms with van der Waals surface area (Å²) < 4.78 is 2.16. The number of hydrogen-bond acceptors (Lipinski definition) is 4. The Bertz CT molecular complexity index is 1030. The molecule has 6 heteroatoms. The molecule has 1 saturated heterocycles. The van der Waals surface area contributed by atoms with E-state index < -0.39 is 0 Å². The summed E-state index contributed by atoms with van der Waals surface area (Å²) in [6, 6.07) is 19.1. The molecule has 1 aliphatic heterocycles. The molecule has 2 heterocycles. The largest absolute Gasteiger partial charge is 0.369 e. The Hall–Kier alpha value is -2.34. The minimum Gasteiger partial charge on any atom is -0.369 e. The van der Waals surface area contributed by atoms with Gasteiger partial charge in [-0.25, -0.2) is 0 Å². The molecule has 0 aliphatic carbocycles. The molecule has 33 heavy (non-hydrogen) atoms. The van der Waals surface area contributed by atoms with E-state index in [-0.39, 0.29) is 5.54 Å². The van der Waals surface area contributed by atoms with E-state index in [2.05, 4.69) is 90.0 Å². The third-order valence-corrected chi connectivity index (χ3v) is 6.47. The lowest BCUT2D eigenvalue weighted by Gasteiger charge is -2.36. The van der Waals surface area contributed by atoms with Crippen molar-refractivity contribution in [1.29, 1.82) is 0 Å². The highest BCUT2D eigenvalue weighted by Crippen LogP contribution is 2.27. The van der Waals surface area contributed by atoms with Crippen LogP contribution in [0.1, 0.15) is 32.0 Å². The zero-order valence-electron chi connectivity index (χ0n) is 20.3. The lowest BCUT2D eigenvalue weighted by molar-refractivity contribution is 0.257. The first-order chi connectivity index (χ1) is 15.8. The van der Waals surface area contributed by atoms with Gasteiger partial charge >= 0.3 is 0 Å². The van der Waals surface area contributed by atoms with Crippen LogP contribution in [0.15, 0.2) is 54.6 Å². The summed E-state index contributed by atoms with van der Waals surface area (Å²) in [5, 5.41) is 9.34. The Morgan fingerprint density at radius 3 is 2.24 bits per heavy atom. The summed E-state index contributed by atoms with van der Waals surface area (Å²) in [6.07, 6.45) is 0. The van der Waals surface area contributed by atoms with Crippen LogP contribution in [0.4, 0.5) is 5.69 Å². The zero-order valence-corrected chi connectivity index (χ0v) is 21.1. The smallest absolute Gasteiger partial charge is 0.0769 e. The molecule has 0 spiro atoms. The molecule has 0 saturated carbocycles. The summed E-state index contributed by atoms with van der Waals surface area (Å²) in [5.41, 5.74) is 5.95. The number of rotatable bonds is 7. The van der Waals surface area contributed by atoms with E-state index in [1.54, 1.807) is 0 Å². The van der Waals surface area contributed by atoms with Gasteiger partial charge in [-0.1, -0.05) is 41.4 Å². The van der Waals surface area contributed by atoms with Crippen LogP contribution in [-0.4, -0.2) is 53.9 Å². The molecular formula is C27H36ClN5. The molecule has 5 nitrogen and oxygen atoms in total. The highest BCUT2D eigenvalue weighted by atomic mass is 35.5. The van der Waals surface area contributed by atoms with Crippen LogP contribution in [0.5, 0.6) is 0 Å². The van der Waals surface area contributed by atoms with E-state index in [4.69, 9.17) is 16.7 Å². The second kappa shape index (κ2) is 10.3. The van der Waals surface area contributed by atoms with Gasteiger partial charge in [0.2, 0.25) is 0 Å². The second-order valence-corrected chi connectivity index (χ2v) is 10.4. The third-order valence-electron chi connectivity index (χ3n) is 6.22. The standard InChI is InChI=1S/C27H36ClN5/c1-21-5-7-22(8-6-21)26-19-24(30-33(26)27(2,3)4)20-29-13-14-31-15-17-32(18-16-31)25-11-9-23(28)10-12-25/h5-12,19,29H,13-18,20H2,1-4H3. The molecule has 4 rings (SSSR count). The highest BCUT2D eigenvalue weighted by Gasteiger charge is 2.21. The molecule has 0 radical (unpaired) electrons. The zero-order chi connectivity index (χ0) is 23.4. The molecule has 0 unspecified atom stereocenters. The molecule has 0 amide bonds. The highest BCUT2D eigenvalue weighted by molar-refractivity contribution is 6.30. The van der Waals surface area contributed by atoms with Crippen molar-refractivity contribution >= 4 is 17.3 Å². The van der Waals surface area contributed by atoms with E-state index >= 15 is 0 Å². The summed E-state index contributed by atoms with van der Waals surface area (Å²) in [6.45, 7) is 15.8. The van der Waals surface area contributed by atoms with Gasteiger partial charge in [0.05, 0.1) is 16.9 Å². The van der Waals surface area contributed by atoms with Gasteiger partial charge in [0.1, 0.15) is 0 Å². The number of nitrogens with zero attached hydrogens (tertiary/aromatic N) is 4. The maximum Gasteiger partial charge on any atom is 0.0769 e. The van der Waals surface area contributed by atoms with E-state index in [0.29, 0.717) is 0 Å². The fraction of sp³-hybridized carbons (Fsp3) is 0.444. The first-order valence-corrected chi connectivity index (χ1v) is 12.3. The number of aromatic nitrogens is 2. The summed E-state index contributed by atoms with van der Waals surface area (Å²) in [7, 11) is 0. The fourth-order valence-corrected chi connectivity index (χ4v) is 4.42. The monoisotopic (exact) mass is 465 g/mol. The van der Waals surface area contributed by atoms with Crippen molar-refractivity contribution in [3.8, 4) is 11.3 Å². The van der Waals surface area contributed by atoms with Gasteiger partial charge in [0.25, 0.3) is 0 Å². The Balaban J connectivity index is 1.28. The van der Waals surface area contributed by atoms with Gasteiger partial charge in [0, 0.05) is 56.5 Å². The van der Waals surface area contributed by atoms with Gasteiger partial charge in [-0.05, 0) is 63.6 Å². The third kappa shape index (κ3) is 6.17.